The largest absolute Gasteiger partial charge is 0.334 e. The fourth-order valence-electron chi connectivity index (χ4n) is 3.30. The van der Waals surface area contributed by atoms with Gasteiger partial charge in [-0.25, -0.2) is 4.79 Å². The molecule has 3 aromatic carbocycles. The Bertz CT molecular complexity index is 1070. The lowest BCUT2D eigenvalue weighted by Gasteiger charge is -2.12. The summed E-state index contributed by atoms with van der Waals surface area (Å²) in [5, 5.41) is 10.1. The molecule has 0 saturated heterocycles. The first-order valence-electron chi connectivity index (χ1n) is 9.98. The lowest BCUT2D eigenvalue weighted by atomic mass is 10.0. The van der Waals surface area contributed by atoms with Gasteiger partial charge < -0.3 is 10.6 Å². The van der Waals surface area contributed by atoms with Crippen LogP contribution in [0.4, 0.5) is 10.5 Å². The molecule has 0 fully saturated rings. The van der Waals surface area contributed by atoms with Gasteiger partial charge in [0.05, 0.1) is 6.54 Å². The van der Waals surface area contributed by atoms with Crippen molar-refractivity contribution in [3.05, 3.63) is 120 Å². The molecule has 0 aliphatic rings. The summed E-state index contributed by atoms with van der Waals surface area (Å²) in [4.78, 5) is 12.4. The van der Waals surface area contributed by atoms with Gasteiger partial charge in [0.25, 0.3) is 0 Å². The van der Waals surface area contributed by atoms with Crippen LogP contribution in [-0.2, 0) is 19.5 Å². The van der Waals surface area contributed by atoms with Crippen molar-refractivity contribution in [2.75, 3.05) is 5.32 Å². The van der Waals surface area contributed by atoms with E-state index < -0.39 is 0 Å². The number of amides is 2. The molecule has 5 nitrogen and oxygen atoms in total. The van der Waals surface area contributed by atoms with E-state index in [0.717, 1.165) is 29.8 Å². The number of hydrogen-bond acceptors (Lipinski definition) is 2. The van der Waals surface area contributed by atoms with E-state index in [1.165, 1.54) is 11.1 Å². The van der Waals surface area contributed by atoms with Gasteiger partial charge in [-0.2, -0.15) is 5.10 Å². The van der Waals surface area contributed by atoms with E-state index in [-0.39, 0.29) is 6.03 Å². The van der Waals surface area contributed by atoms with Crippen molar-refractivity contribution in [1.82, 2.24) is 15.1 Å². The third kappa shape index (κ3) is 5.35. The van der Waals surface area contributed by atoms with Gasteiger partial charge in [-0.05, 0) is 40.8 Å². The standard InChI is InChI=1S/C25H24N4O/c30-25(26-18-21-11-13-22(14-12-21)19-29-16-6-15-27-29)28-24-10-5-4-9-23(24)17-20-7-2-1-3-8-20/h1-16H,17-19H2,(H2,26,28,30). The summed E-state index contributed by atoms with van der Waals surface area (Å²) in [6, 6.07) is 28.0. The van der Waals surface area contributed by atoms with E-state index >= 15 is 0 Å². The smallest absolute Gasteiger partial charge is 0.319 e. The van der Waals surface area contributed by atoms with Crippen LogP contribution < -0.4 is 10.6 Å². The number of hydrogen-bond donors (Lipinski definition) is 2. The van der Waals surface area contributed by atoms with Gasteiger partial charge in [0.1, 0.15) is 0 Å². The van der Waals surface area contributed by atoms with Crippen LogP contribution in [0.1, 0.15) is 22.3 Å². The molecule has 0 unspecified atom stereocenters. The number of carbonyl (C=O) groups is 1. The molecule has 0 spiro atoms. The van der Waals surface area contributed by atoms with Gasteiger partial charge in [0.15, 0.2) is 0 Å². The highest BCUT2D eigenvalue weighted by atomic mass is 16.2. The van der Waals surface area contributed by atoms with Gasteiger partial charge in [0, 0.05) is 24.6 Å². The molecule has 4 aromatic rings. The van der Waals surface area contributed by atoms with Crippen LogP contribution in [0.25, 0.3) is 0 Å². The van der Waals surface area contributed by atoms with Crippen molar-refractivity contribution in [3.8, 4) is 0 Å². The Labute approximate surface area is 176 Å². The normalized spacial score (nSPS) is 10.5. The molecule has 0 aliphatic carbocycles. The fourth-order valence-corrected chi connectivity index (χ4v) is 3.30. The van der Waals surface area contributed by atoms with Crippen LogP contribution >= 0.6 is 0 Å². The van der Waals surface area contributed by atoms with E-state index in [1.54, 1.807) is 6.20 Å². The summed E-state index contributed by atoms with van der Waals surface area (Å²) >= 11 is 0. The maximum absolute atomic E-state index is 12.4. The van der Waals surface area contributed by atoms with Gasteiger partial charge in [-0.3, -0.25) is 4.68 Å². The van der Waals surface area contributed by atoms with Gasteiger partial charge in [0.2, 0.25) is 0 Å². The summed E-state index contributed by atoms with van der Waals surface area (Å²) in [5.41, 5.74) is 5.34. The minimum atomic E-state index is -0.212. The highest BCUT2D eigenvalue weighted by Crippen LogP contribution is 2.19. The van der Waals surface area contributed by atoms with Crippen molar-refractivity contribution in [2.45, 2.75) is 19.5 Å². The predicted molar refractivity (Wildman–Crippen MR) is 119 cm³/mol. The number of carbonyl (C=O) groups excluding carboxylic acids is 1. The highest BCUT2D eigenvalue weighted by Gasteiger charge is 2.07. The Balaban J connectivity index is 1.32. The average molecular weight is 396 g/mol. The number of para-hydroxylation sites is 1. The number of nitrogens with one attached hydrogen (secondary N) is 2. The second-order valence-corrected chi connectivity index (χ2v) is 7.15. The molecule has 0 aliphatic heterocycles. The minimum absolute atomic E-state index is 0.212. The van der Waals surface area contributed by atoms with Crippen molar-refractivity contribution in [2.24, 2.45) is 0 Å². The highest BCUT2D eigenvalue weighted by molar-refractivity contribution is 5.90. The van der Waals surface area contributed by atoms with Crippen LogP contribution in [0, 0.1) is 0 Å². The number of urea groups is 1. The Kier molecular flexibility index (Phi) is 6.20. The molecule has 0 saturated carbocycles. The van der Waals surface area contributed by atoms with Crippen molar-refractivity contribution < 1.29 is 4.79 Å². The fraction of sp³-hybridized carbons (Fsp3) is 0.120. The number of anilines is 1. The van der Waals surface area contributed by atoms with Crippen molar-refractivity contribution in [3.63, 3.8) is 0 Å². The maximum atomic E-state index is 12.4. The van der Waals surface area contributed by atoms with Gasteiger partial charge in [-0.1, -0.05) is 72.8 Å². The molecule has 0 bridgehead atoms. The van der Waals surface area contributed by atoms with E-state index in [9.17, 15) is 4.79 Å². The third-order valence-electron chi connectivity index (χ3n) is 4.88. The topological polar surface area (TPSA) is 59.0 Å². The summed E-state index contributed by atoms with van der Waals surface area (Å²) in [7, 11) is 0. The Morgan fingerprint density at radius 2 is 1.53 bits per heavy atom. The Hall–Kier alpha value is -3.86. The zero-order chi connectivity index (χ0) is 20.6. The average Bonchev–Trinajstić information content (AvgIpc) is 3.28. The predicted octanol–water partition coefficient (Wildman–Crippen LogP) is 4.84. The van der Waals surface area contributed by atoms with E-state index in [1.807, 2.05) is 71.5 Å². The molecule has 1 heterocycles. The van der Waals surface area contributed by atoms with Gasteiger partial charge >= 0.3 is 6.03 Å². The van der Waals surface area contributed by atoms with Gasteiger partial charge in [-0.15, -0.1) is 0 Å². The molecule has 1 aromatic heterocycles. The van der Waals surface area contributed by atoms with Crippen LogP contribution in [-0.4, -0.2) is 15.8 Å². The quantitative estimate of drug-likeness (QED) is 0.469. The van der Waals surface area contributed by atoms with Crippen molar-refractivity contribution in [1.29, 1.82) is 0 Å². The zero-order valence-corrected chi connectivity index (χ0v) is 16.7. The first kappa shape index (κ1) is 19.5. The molecule has 5 heteroatoms. The molecule has 4 rings (SSSR count). The number of nitrogens with zero attached hydrogens (tertiary/aromatic N) is 2. The lowest BCUT2D eigenvalue weighted by Crippen LogP contribution is -2.28. The molecule has 2 N–H and O–H groups in total. The molecular formula is C25H24N4O. The maximum Gasteiger partial charge on any atom is 0.319 e. The van der Waals surface area contributed by atoms with Crippen LogP contribution in [0.15, 0.2) is 97.3 Å². The molecule has 0 radical (unpaired) electrons. The molecule has 2 amide bonds. The number of benzene rings is 3. The Morgan fingerprint density at radius 1 is 0.800 bits per heavy atom. The van der Waals surface area contributed by atoms with E-state index in [4.69, 9.17) is 0 Å². The lowest BCUT2D eigenvalue weighted by molar-refractivity contribution is 0.251. The third-order valence-corrected chi connectivity index (χ3v) is 4.88. The van der Waals surface area contributed by atoms with E-state index in [2.05, 4.69) is 40.0 Å². The minimum Gasteiger partial charge on any atom is -0.334 e. The van der Waals surface area contributed by atoms with Crippen LogP contribution in [0.3, 0.4) is 0 Å². The number of aromatic nitrogens is 2. The second-order valence-electron chi connectivity index (χ2n) is 7.15. The molecule has 0 atom stereocenters. The van der Waals surface area contributed by atoms with Crippen LogP contribution in [0.2, 0.25) is 0 Å². The first-order chi connectivity index (χ1) is 14.8. The number of rotatable bonds is 7. The van der Waals surface area contributed by atoms with Crippen LogP contribution in [0.5, 0.6) is 0 Å². The Morgan fingerprint density at radius 3 is 2.30 bits per heavy atom. The molecule has 30 heavy (non-hydrogen) atoms. The zero-order valence-electron chi connectivity index (χ0n) is 16.7. The first-order valence-corrected chi connectivity index (χ1v) is 9.98. The molecular weight excluding hydrogens is 372 g/mol. The second kappa shape index (κ2) is 9.56. The summed E-state index contributed by atoms with van der Waals surface area (Å²) in [6.45, 7) is 1.20. The molecule has 150 valence electrons. The van der Waals surface area contributed by atoms with Crippen molar-refractivity contribution >= 4 is 11.7 Å². The summed E-state index contributed by atoms with van der Waals surface area (Å²) < 4.78 is 1.88. The SMILES string of the molecule is O=C(NCc1ccc(Cn2cccn2)cc1)Nc1ccccc1Cc1ccccc1. The summed E-state index contributed by atoms with van der Waals surface area (Å²) in [5.74, 6) is 0. The monoisotopic (exact) mass is 396 g/mol. The van der Waals surface area contributed by atoms with E-state index in [0.29, 0.717) is 6.54 Å². The summed E-state index contributed by atoms with van der Waals surface area (Å²) in [6.07, 6.45) is 4.49.